The third kappa shape index (κ3) is 4.35. The second-order valence-electron chi connectivity index (χ2n) is 3.42. The van der Waals surface area contributed by atoms with Gasteiger partial charge in [0.15, 0.2) is 0 Å². The van der Waals surface area contributed by atoms with E-state index >= 15 is 0 Å². The van der Waals surface area contributed by atoms with Crippen molar-refractivity contribution in [2.24, 2.45) is 5.73 Å². The lowest BCUT2D eigenvalue weighted by molar-refractivity contribution is -0.0501. The van der Waals surface area contributed by atoms with Gasteiger partial charge in [-0.25, -0.2) is 5.48 Å². The Balaban J connectivity index is 3.88. The van der Waals surface area contributed by atoms with Crippen LogP contribution in [0.25, 0.3) is 0 Å². The summed E-state index contributed by atoms with van der Waals surface area (Å²) in [7, 11) is 1.76. The summed E-state index contributed by atoms with van der Waals surface area (Å²) in [5.74, 6) is 0. The van der Waals surface area contributed by atoms with Crippen LogP contribution in [-0.2, 0) is 4.84 Å². The van der Waals surface area contributed by atoms with E-state index in [4.69, 9.17) is 10.6 Å². The van der Waals surface area contributed by atoms with Gasteiger partial charge in [0.05, 0.1) is 6.10 Å². The molecule has 0 bridgehead atoms. The molecule has 0 amide bonds. The molecule has 0 aliphatic heterocycles. The number of hydroxylamine groups is 1. The van der Waals surface area contributed by atoms with Crippen molar-refractivity contribution >= 4 is 0 Å². The zero-order valence-corrected chi connectivity index (χ0v) is 7.98. The van der Waals surface area contributed by atoms with Crippen molar-refractivity contribution in [3.05, 3.63) is 0 Å². The lowest BCUT2D eigenvalue weighted by atomic mass is 9.95. The fraction of sp³-hybridized carbons (Fsp3) is 1.00. The molecule has 0 spiro atoms. The molecule has 3 N–H and O–H groups in total. The molecule has 0 aliphatic rings. The van der Waals surface area contributed by atoms with Crippen LogP contribution in [0.5, 0.6) is 0 Å². The van der Waals surface area contributed by atoms with Gasteiger partial charge < -0.3 is 5.73 Å². The minimum absolute atomic E-state index is 0.0949. The normalized spacial score (nSPS) is 15.0. The molecule has 0 aromatic heterocycles. The molecule has 3 nitrogen and oxygen atoms in total. The van der Waals surface area contributed by atoms with E-state index in [0.29, 0.717) is 0 Å². The van der Waals surface area contributed by atoms with Crippen LogP contribution in [0.1, 0.15) is 33.6 Å². The van der Waals surface area contributed by atoms with Gasteiger partial charge in [-0.1, -0.05) is 13.3 Å². The van der Waals surface area contributed by atoms with Gasteiger partial charge in [0.1, 0.15) is 0 Å². The Kier molecular flexibility index (Phi) is 4.65. The summed E-state index contributed by atoms with van der Waals surface area (Å²) in [6.45, 7) is 6.08. The fourth-order valence-corrected chi connectivity index (χ4v) is 0.987. The SMILES string of the molecule is CCCC(ONC)C(C)(C)N. The van der Waals surface area contributed by atoms with Crippen molar-refractivity contribution in [1.29, 1.82) is 0 Å². The summed E-state index contributed by atoms with van der Waals surface area (Å²) in [5.41, 5.74) is 8.30. The van der Waals surface area contributed by atoms with Crippen LogP contribution in [-0.4, -0.2) is 18.7 Å². The van der Waals surface area contributed by atoms with Crippen LogP contribution in [0, 0.1) is 0 Å². The first-order valence-electron chi connectivity index (χ1n) is 4.13. The molecule has 0 saturated carbocycles. The molecule has 0 fully saturated rings. The van der Waals surface area contributed by atoms with Crippen LogP contribution in [0.3, 0.4) is 0 Å². The fourth-order valence-electron chi connectivity index (χ4n) is 0.987. The van der Waals surface area contributed by atoms with E-state index in [1.165, 1.54) is 0 Å². The quantitative estimate of drug-likeness (QED) is 0.591. The number of nitrogens with one attached hydrogen (secondary N) is 1. The molecule has 0 rings (SSSR count). The van der Waals surface area contributed by atoms with Crippen molar-refractivity contribution in [3.8, 4) is 0 Å². The van der Waals surface area contributed by atoms with E-state index in [-0.39, 0.29) is 11.6 Å². The lowest BCUT2D eigenvalue weighted by Gasteiger charge is -2.29. The first-order chi connectivity index (χ1) is 5.02. The minimum Gasteiger partial charge on any atom is -0.323 e. The van der Waals surface area contributed by atoms with E-state index < -0.39 is 0 Å². The zero-order valence-electron chi connectivity index (χ0n) is 7.98. The molecule has 0 saturated heterocycles. The molecule has 1 unspecified atom stereocenters. The Morgan fingerprint density at radius 1 is 1.55 bits per heavy atom. The highest BCUT2D eigenvalue weighted by Gasteiger charge is 2.24. The molecule has 0 heterocycles. The van der Waals surface area contributed by atoms with Crippen LogP contribution < -0.4 is 11.2 Å². The Hall–Kier alpha value is -0.120. The Morgan fingerprint density at radius 2 is 2.09 bits per heavy atom. The third-order valence-electron chi connectivity index (χ3n) is 1.64. The average Bonchev–Trinajstić information content (AvgIpc) is 1.85. The standard InChI is InChI=1S/C8H20N2O/c1-5-6-7(11-10-4)8(2,3)9/h7,10H,5-6,9H2,1-4H3. The monoisotopic (exact) mass is 160 g/mol. The van der Waals surface area contributed by atoms with Gasteiger partial charge >= 0.3 is 0 Å². The number of rotatable bonds is 5. The second kappa shape index (κ2) is 4.70. The van der Waals surface area contributed by atoms with E-state index in [2.05, 4.69) is 12.4 Å². The average molecular weight is 160 g/mol. The summed E-state index contributed by atoms with van der Waals surface area (Å²) in [5, 5.41) is 0. The van der Waals surface area contributed by atoms with Gasteiger partial charge in [-0.2, -0.15) is 0 Å². The predicted molar refractivity (Wildman–Crippen MR) is 47.1 cm³/mol. The molecular weight excluding hydrogens is 140 g/mol. The Labute approximate surface area is 69.3 Å². The smallest absolute Gasteiger partial charge is 0.0963 e. The van der Waals surface area contributed by atoms with Crippen LogP contribution in [0.15, 0.2) is 0 Å². The maximum Gasteiger partial charge on any atom is 0.0963 e. The predicted octanol–water partition coefficient (Wildman–Crippen LogP) is 1.04. The molecule has 3 heteroatoms. The molecular formula is C8H20N2O. The third-order valence-corrected chi connectivity index (χ3v) is 1.64. The van der Waals surface area contributed by atoms with Gasteiger partial charge in [-0.05, 0) is 20.3 Å². The van der Waals surface area contributed by atoms with Crippen molar-refractivity contribution in [3.63, 3.8) is 0 Å². The topological polar surface area (TPSA) is 47.3 Å². The molecule has 11 heavy (non-hydrogen) atoms. The Morgan fingerprint density at radius 3 is 2.36 bits per heavy atom. The second-order valence-corrected chi connectivity index (χ2v) is 3.42. The van der Waals surface area contributed by atoms with Gasteiger partial charge in [-0.15, -0.1) is 0 Å². The molecule has 0 aliphatic carbocycles. The maximum atomic E-state index is 5.89. The molecule has 68 valence electrons. The van der Waals surface area contributed by atoms with Gasteiger partial charge in [0, 0.05) is 12.6 Å². The summed E-state index contributed by atoms with van der Waals surface area (Å²) in [6.07, 6.45) is 2.18. The van der Waals surface area contributed by atoms with Crippen molar-refractivity contribution < 1.29 is 4.84 Å². The van der Waals surface area contributed by atoms with Crippen molar-refractivity contribution in [1.82, 2.24) is 5.48 Å². The molecule has 0 aromatic carbocycles. The van der Waals surface area contributed by atoms with Gasteiger partial charge in [-0.3, -0.25) is 4.84 Å². The summed E-state index contributed by atoms with van der Waals surface area (Å²) < 4.78 is 0. The van der Waals surface area contributed by atoms with E-state index in [1.807, 2.05) is 13.8 Å². The van der Waals surface area contributed by atoms with E-state index in [0.717, 1.165) is 12.8 Å². The number of hydrogen-bond acceptors (Lipinski definition) is 3. The van der Waals surface area contributed by atoms with Gasteiger partial charge in [0.25, 0.3) is 0 Å². The lowest BCUT2D eigenvalue weighted by Crippen LogP contribution is -2.48. The maximum absolute atomic E-state index is 5.89. The largest absolute Gasteiger partial charge is 0.323 e. The van der Waals surface area contributed by atoms with Crippen LogP contribution >= 0.6 is 0 Å². The summed E-state index contributed by atoms with van der Waals surface area (Å²) >= 11 is 0. The highest BCUT2D eigenvalue weighted by molar-refractivity contribution is 4.82. The summed E-state index contributed by atoms with van der Waals surface area (Å²) in [4.78, 5) is 5.27. The Bertz CT molecular complexity index is 92.8. The minimum atomic E-state index is -0.265. The zero-order chi connectivity index (χ0) is 8.91. The molecule has 0 aromatic rings. The van der Waals surface area contributed by atoms with Crippen LogP contribution in [0.4, 0.5) is 0 Å². The van der Waals surface area contributed by atoms with E-state index in [9.17, 15) is 0 Å². The number of hydrogen-bond donors (Lipinski definition) is 2. The van der Waals surface area contributed by atoms with Gasteiger partial charge in [0.2, 0.25) is 0 Å². The van der Waals surface area contributed by atoms with E-state index in [1.54, 1.807) is 7.05 Å². The molecule has 0 radical (unpaired) electrons. The summed E-state index contributed by atoms with van der Waals surface area (Å²) in [6, 6.07) is 0. The van der Waals surface area contributed by atoms with Crippen molar-refractivity contribution in [2.45, 2.75) is 45.3 Å². The first kappa shape index (κ1) is 10.9. The van der Waals surface area contributed by atoms with Crippen molar-refractivity contribution in [2.75, 3.05) is 7.05 Å². The number of nitrogens with two attached hydrogens (primary N) is 1. The van der Waals surface area contributed by atoms with Crippen LogP contribution in [0.2, 0.25) is 0 Å². The first-order valence-corrected chi connectivity index (χ1v) is 4.13. The molecule has 1 atom stereocenters. The highest BCUT2D eigenvalue weighted by Crippen LogP contribution is 2.13. The highest BCUT2D eigenvalue weighted by atomic mass is 16.7.